The van der Waals surface area contributed by atoms with E-state index in [0.717, 1.165) is 25.9 Å². The first-order chi connectivity index (χ1) is 13.1. The molecule has 1 N–H and O–H groups in total. The van der Waals surface area contributed by atoms with Gasteiger partial charge in [0.25, 0.3) is 5.91 Å². The molecule has 1 amide bonds. The lowest BCUT2D eigenvalue weighted by Crippen LogP contribution is -2.53. The van der Waals surface area contributed by atoms with Gasteiger partial charge < -0.3 is 19.5 Å². The van der Waals surface area contributed by atoms with E-state index in [-0.39, 0.29) is 23.8 Å². The van der Waals surface area contributed by atoms with Gasteiger partial charge in [0.2, 0.25) is 0 Å². The molecule has 1 aliphatic carbocycles. The highest BCUT2D eigenvalue weighted by molar-refractivity contribution is 5.94. The molecule has 1 aromatic rings. The minimum atomic E-state index is -0.472. The number of amides is 1. The van der Waals surface area contributed by atoms with Gasteiger partial charge in [0.1, 0.15) is 0 Å². The number of halogens is 1. The molecule has 2 heterocycles. The molecule has 1 saturated carbocycles. The molecule has 0 spiro atoms. The van der Waals surface area contributed by atoms with Crippen molar-refractivity contribution in [2.45, 2.75) is 25.0 Å². The van der Waals surface area contributed by atoms with Crippen LogP contribution in [0.15, 0.2) is 18.2 Å². The Kier molecular flexibility index (Phi) is 5.34. The zero-order valence-electron chi connectivity index (χ0n) is 15.6. The summed E-state index contributed by atoms with van der Waals surface area (Å²) in [6, 6.07) is 4.39. The van der Waals surface area contributed by atoms with Crippen LogP contribution in [0.3, 0.4) is 0 Å². The maximum absolute atomic E-state index is 13.6. The molecule has 7 heteroatoms. The lowest BCUT2D eigenvalue weighted by molar-refractivity contribution is -0.0520. The van der Waals surface area contributed by atoms with E-state index in [9.17, 15) is 14.3 Å². The van der Waals surface area contributed by atoms with Crippen molar-refractivity contribution in [1.82, 2.24) is 9.80 Å². The summed E-state index contributed by atoms with van der Waals surface area (Å²) in [5.74, 6) is 0.233. The van der Waals surface area contributed by atoms with Crippen molar-refractivity contribution in [1.29, 1.82) is 0 Å². The van der Waals surface area contributed by atoms with Crippen molar-refractivity contribution >= 4 is 5.91 Å². The molecule has 1 aromatic carbocycles. The van der Waals surface area contributed by atoms with Crippen LogP contribution in [0.5, 0.6) is 5.75 Å². The molecule has 4 rings (SSSR count). The van der Waals surface area contributed by atoms with E-state index < -0.39 is 5.82 Å². The van der Waals surface area contributed by atoms with E-state index in [4.69, 9.17) is 9.47 Å². The Labute approximate surface area is 158 Å². The number of morpholine rings is 1. The fourth-order valence-electron chi connectivity index (χ4n) is 4.85. The van der Waals surface area contributed by atoms with E-state index >= 15 is 0 Å². The van der Waals surface area contributed by atoms with E-state index in [1.807, 2.05) is 4.90 Å². The third-order valence-electron chi connectivity index (χ3n) is 6.31. The Bertz CT molecular complexity index is 695. The van der Waals surface area contributed by atoms with Crippen LogP contribution in [0.25, 0.3) is 0 Å². The number of aliphatic hydroxyl groups is 1. The lowest BCUT2D eigenvalue weighted by Gasteiger charge is -2.43. The van der Waals surface area contributed by atoms with Gasteiger partial charge in [-0.05, 0) is 42.9 Å². The van der Waals surface area contributed by atoms with Crippen molar-refractivity contribution in [3.8, 4) is 5.75 Å². The molecule has 0 unspecified atom stereocenters. The first-order valence-electron chi connectivity index (χ1n) is 9.69. The third-order valence-corrected chi connectivity index (χ3v) is 6.31. The Balaban J connectivity index is 1.44. The molecule has 0 radical (unpaired) electrons. The molecule has 6 nitrogen and oxygen atoms in total. The number of methoxy groups -OCH3 is 1. The van der Waals surface area contributed by atoms with Crippen LogP contribution in [0.1, 0.15) is 23.2 Å². The summed E-state index contributed by atoms with van der Waals surface area (Å²) in [5, 5.41) is 10.7. The van der Waals surface area contributed by atoms with Gasteiger partial charge in [-0.25, -0.2) is 4.39 Å². The summed E-state index contributed by atoms with van der Waals surface area (Å²) in [6.07, 6.45) is 1.27. The second kappa shape index (κ2) is 7.73. The quantitative estimate of drug-likeness (QED) is 0.861. The van der Waals surface area contributed by atoms with Crippen LogP contribution >= 0.6 is 0 Å². The van der Waals surface area contributed by atoms with Gasteiger partial charge in [0.05, 0.1) is 26.4 Å². The fourth-order valence-corrected chi connectivity index (χ4v) is 4.85. The Morgan fingerprint density at radius 2 is 1.93 bits per heavy atom. The molecule has 0 bridgehead atoms. The number of hydrogen-bond donors (Lipinski definition) is 1. The minimum Gasteiger partial charge on any atom is -0.494 e. The number of carbonyl (C=O) groups is 1. The SMILES string of the molecule is COc1cc(C(=O)N2C[C@H]3C[C@@H](N4CCOCC4)[C@H](O)C[C@H]3C2)ccc1F. The number of hydrogen-bond acceptors (Lipinski definition) is 5. The summed E-state index contributed by atoms with van der Waals surface area (Å²) < 4.78 is 24.0. The predicted octanol–water partition coefficient (Wildman–Crippen LogP) is 1.38. The second-order valence-corrected chi connectivity index (χ2v) is 7.83. The summed E-state index contributed by atoms with van der Waals surface area (Å²) in [7, 11) is 1.39. The smallest absolute Gasteiger partial charge is 0.254 e. The van der Waals surface area contributed by atoms with Crippen molar-refractivity contribution in [3.63, 3.8) is 0 Å². The maximum atomic E-state index is 13.6. The third kappa shape index (κ3) is 3.68. The van der Waals surface area contributed by atoms with Crippen LogP contribution in [-0.2, 0) is 4.74 Å². The Morgan fingerprint density at radius 1 is 1.22 bits per heavy atom. The van der Waals surface area contributed by atoms with Gasteiger partial charge in [-0.1, -0.05) is 0 Å². The molecule has 27 heavy (non-hydrogen) atoms. The summed E-state index contributed by atoms with van der Waals surface area (Å²) in [4.78, 5) is 17.1. The molecule has 2 aliphatic heterocycles. The van der Waals surface area contributed by atoms with E-state index in [1.165, 1.54) is 25.3 Å². The number of carbonyl (C=O) groups excluding carboxylic acids is 1. The summed E-state index contributed by atoms with van der Waals surface area (Å²) in [6.45, 7) is 4.49. The number of nitrogens with zero attached hydrogens (tertiary/aromatic N) is 2. The Morgan fingerprint density at radius 3 is 2.63 bits per heavy atom. The molecule has 0 aromatic heterocycles. The first kappa shape index (κ1) is 18.7. The van der Waals surface area contributed by atoms with Gasteiger partial charge in [0.15, 0.2) is 11.6 Å². The molecule has 148 valence electrons. The largest absolute Gasteiger partial charge is 0.494 e. The van der Waals surface area contributed by atoms with Gasteiger partial charge in [0, 0.05) is 37.8 Å². The van der Waals surface area contributed by atoms with Gasteiger partial charge in [-0.2, -0.15) is 0 Å². The molecule has 2 saturated heterocycles. The van der Waals surface area contributed by atoms with E-state index in [1.54, 1.807) is 0 Å². The number of aliphatic hydroxyl groups excluding tert-OH is 1. The van der Waals surface area contributed by atoms with Gasteiger partial charge in [-0.3, -0.25) is 9.69 Å². The topological polar surface area (TPSA) is 62.2 Å². The summed E-state index contributed by atoms with van der Waals surface area (Å²) >= 11 is 0. The van der Waals surface area contributed by atoms with Crippen molar-refractivity contribution in [2.75, 3.05) is 46.5 Å². The van der Waals surface area contributed by atoms with Crippen molar-refractivity contribution < 1.29 is 23.8 Å². The second-order valence-electron chi connectivity index (χ2n) is 7.83. The summed E-state index contributed by atoms with van der Waals surface area (Å²) in [5.41, 5.74) is 0.442. The lowest BCUT2D eigenvalue weighted by atomic mass is 9.77. The highest BCUT2D eigenvalue weighted by atomic mass is 19.1. The van der Waals surface area contributed by atoms with E-state index in [0.29, 0.717) is 43.7 Å². The van der Waals surface area contributed by atoms with Crippen LogP contribution in [0.4, 0.5) is 4.39 Å². The highest BCUT2D eigenvalue weighted by Gasteiger charge is 2.44. The van der Waals surface area contributed by atoms with Crippen LogP contribution in [-0.4, -0.2) is 79.5 Å². The number of ether oxygens (including phenoxy) is 2. The monoisotopic (exact) mass is 378 g/mol. The predicted molar refractivity (Wildman–Crippen MR) is 97.3 cm³/mol. The molecular weight excluding hydrogens is 351 g/mol. The molecule has 3 aliphatic rings. The highest BCUT2D eigenvalue weighted by Crippen LogP contribution is 2.39. The number of likely N-dealkylation sites (tertiary alicyclic amines) is 1. The average molecular weight is 378 g/mol. The van der Waals surface area contributed by atoms with Crippen LogP contribution in [0, 0.1) is 17.7 Å². The van der Waals surface area contributed by atoms with Crippen LogP contribution < -0.4 is 4.74 Å². The van der Waals surface area contributed by atoms with Gasteiger partial charge >= 0.3 is 0 Å². The number of fused-ring (bicyclic) bond motifs is 1. The number of rotatable bonds is 3. The normalized spacial score (nSPS) is 31.6. The molecule has 3 fully saturated rings. The zero-order chi connectivity index (χ0) is 19.0. The van der Waals surface area contributed by atoms with Crippen molar-refractivity contribution in [2.24, 2.45) is 11.8 Å². The van der Waals surface area contributed by atoms with E-state index in [2.05, 4.69) is 4.90 Å². The average Bonchev–Trinajstić information content (AvgIpc) is 3.10. The molecular formula is C20H27FN2O4. The number of benzene rings is 1. The van der Waals surface area contributed by atoms with Crippen molar-refractivity contribution in [3.05, 3.63) is 29.6 Å². The molecule has 4 atom stereocenters. The maximum Gasteiger partial charge on any atom is 0.254 e. The van der Waals surface area contributed by atoms with Crippen LogP contribution in [0.2, 0.25) is 0 Å². The Hall–Kier alpha value is -1.70. The zero-order valence-corrected chi connectivity index (χ0v) is 15.6. The van der Waals surface area contributed by atoms with Gasteiger partial charge in [-0.15, -0.1) is 0 Å². The minimum absolute atomic E-state index is 0.0836. The standard InChI is InChI=1S/C20H27FN2O4/c1-26-19-10-13(2-3-16(19)21)20(25)23-11-14-8-17(18(24)9-15(14)12-23)22-4-6-27-7-5-22/h2-3,10,14-15,17-18,24H,4-9,11-12H2,1H3/t14-,15+,17-,18-/m1/s1. The first-order valence-corrected chi connectivity index (χ1v) is 9.69. The fraction of sp³-hybridized carbons (Fsp3) is 0.650.